The number of hydrogen-bond donors (Lipinski definition) is 1. The molecule has 0 atom stereocenters. The quantitative estimate of drug-likeness (QED) is 0.785. The Hall–Kier alpha value is -1.88. The van der Waals surface area contributed by atoms with Gasteiger partial charge in [-0.2, -0.15) is 0 Å². The Morgan fingerprint density at radius 1 is 1.28 bits per heavy atom. The molecule has 0 unspecified atom stereocenters. The van der Waals surface area contributed by atoms with Crippen molar-refractivity contribution < 1.29 is 0 Å². The van der Waals surface area contributed by atoms with Crippen LogP contribution in [0.15, 0.2) is 29.6 Å². The van der Waals surface area contributed by atoms with Crippen molar-refractivity contribution in [1.82, 2.24) is 14.5 Å². The highest BCUT2D eigenvalue weighted by atomic mass is 32.1. The van der Waals surface area contributed by atoms with Crippen LogP contribution < -0.4 is 5.32 Å². The lowest BCUT2D eigenvalue weighted by atomic mass is 10.3. The van der Waals surface area contributed by atoms with Crippen molar-refractivity contribution in [1.29, 1.82) is 0 Å². The van der Waals surface area contributed by atoms with E-state index in [0.29, 0.717) is 0 Å². The number of hydrogen-bond acceptors (Lipinski definition) is 4. The minimum Gasteiger partial charge on any atom is -0.349 e. The van der Waals surface area contributed by atoms with Gasteiger partial charge >= 0.3 is 0 Å². The highest BCUT2D eigenvalue weighted by Crippen LogP contribution is 2.18. The largest absolute Gasteiger partial charge is 0.349 e. The highest BCUT2D eigenvalue weighted by Gasteiger charge is 2.07. The average Bonchev–Trinajstić information content (AvgIpc) is 2.92. The van der Waals surface area contributed by atoms with Crippen molar-refractivity contribution >= 4 is 28.3 Å². The molecule has 4 nitrogen and oxygen atoms in total. The molecule has 1 N–H and O–H groups in total. The summed E-state index contributed by atoms with van der Waals surface area (Å²) in [6.07, 6.45) is 0. The Kier molecular flexibility index (Phi) is 2.76. The van der Waals surface area contributed by atoms with E-state index >= 15 is 0 Å². The van der Waals surface area contributed by atoms with E-state index in [2.05, 4.69) is 31.3 Å². The molecule has 18 heavy (non-hydrogen) atoms. The van der Waals surface area contributed by atoms with Gasteiger partial charge in [-0.25, -0.2) is 9.97 Å². The number of imidazole rings is 1. The maximum atomic E-state index is 4.56. The predicted molar refractivity (Wildman–Crippen MR) is 74.9 cm³/mol. The summed E-state index contributed by atoms with van der Waals surface area (Å²) in [6.45, 7) is 2.73. The van der Waals surface area contributed by atoms with Gasteiger partial charge in [-0.3, -0.25) is 0 Å². The fourth-order valence-corrected chi connectivity index (χ4v) is 2.65. The third-order valence-corrected chi connectivity index (χ3v) is 3.82. The van der Waals surface area contributed by atoms with E-state index in [1.54, 1.807) is 11.3 Å². The molecule has 2 heterocycles. The summed E-state index contributed by atoms with van der Waals surface area (Å²) in [4.78, 5) is 8.99. The molecule has 92 valence electrons. The SMILES string of the molecule is Cc1csc(CNc2nc3ccccc3n2C)n1. The summed E-state index contributed by atoms with van der Waals surface area (Å²) in [5.74, 6) is 0.879. The number of benzene rings is 1. The second-order valence-corrected chi connectivity index (χ2v) is 5.16. The Balaban J connectivity index is 1.84. The lowest BCUT2D eigenvalue weighted by Crippen LogP contribution is -2.04. The first-order valence-corrected chi connectivity index (χ1v) is 6.68. The zero-order chi connectivity index (χ0) is 12.5. The van der Waals surface area contributed by atoms with Gasteiger partial charge in [-0.05, 0) is 19.1 Å². The lowest BCUT2D eigenvalue weighted by molar-refractivity contribution is 0.923. The summed E-state index contributed by atoms with van der Waals surface area (Å²) in [5, 5.41) is 6.48. The van der Waals surface area contributed by atoms with Crippen molar-refractivity contribution in [2.24, 2.45) is 7.05 Å². The third-order valence-electron chi connectivity index (χ3n) is 2.85. The zero-order valence-corrected chi connectivity index (χ0v) is 11.2. The molecule has 0 spiro atoms. The normalized spacial score (nSPS) is 11.0. The van der Waals surface area contributed by atoms with E-state index in [9.17, 15) is 0 Å². The van der Waals surface area contributed by atoms with Crippen LogP contribution in [-0.4, -0.2) is 14.5 Å². The molecular formula is C13H14N4S. The van der Waals surface area contributed by atoms with Gasteiger partial charge in [0.25, 0.3) is 0 Å². The molecular weight excluding hydrogens is 244 g/mol. The molecule has 3 rings (SSSR count). The number of thiazole rings is 1. The van der Waals surface area contributed by atoms with E-state index in [0.717, 1.165) is 34.2 Å². The zero-order valence-electron chi connectivity index (χ0n) is 10.3. The standard InChI is InChI=1S/C13H14N4S/c1-9-8-18-12(15-9)7-14-13-16-10-5-3-4-6-11(10)17(13)2/h3-6,8H,7H2,1-2H3,(H,14,16). The van der Waals surface area contributed by atoms with Crippen LogP contribution in [0, 0.1) is 6.92 Å². The van der Waals surface area contributed by atoms with E-state index in [1.807, 2.05) is 32.2 Å². The van der Waals surface area contributed by atoms with Gasteiger partial charge in [0.1, 0.15) is 5.01 Å². The van der Waals surface area contributed by atoms with E-state index in [1.165, 1.54) is 0 Å². The van der Waals surface area contributed by atoms with Gasteiger partial charge in [0, 0.05) is 18.1 Å². The highest BCUT2D eigenvalue weighted by molar-refractivity contribution is 7.09. The van der Waals surface area contributed by atoms with Gasteiger partial charge in [0.15, 0.2) is 0 Å². The van der Waals surface area contributed by atoms with E-state index < -0.39 is 0 Å². The molecule has 0 radical (unpaired) electrons. The van der Waals surface area contributed by atoms with Crippen molar-refractivity contribution in [2.75, 3.05) is 5.32 Å². The smallest absolute Gasteiger partial charge is 0.203 e. The molecule has 0 saturated carbocycles. The van der Waals surface area contributed by atoms with Crippen LogP contribution in [0.4, 0.5) is 5.95 Å². The number of nitrogens with one attached hydrogen (secondary N) is 1. The minimum absolute atomic E-state index is 0.718. The van der Waals surface area contributed by atoms with Crippen LogP contribution in [0.2, 0.25) is 0 Å². The molecule has 0 aliphatic heterocycles. The van der Waals surface area contributed by atoms with Crippen molar-refractivity contribution in [3.05, 3.63) is 40.3 Å². The molecule has 0 saturated heterocycles. The minimum atomic E-state index is 0.718. The maximum absolute atomic E-state index is 4.56. The van der Waals surface area contributed by atoms with Gasteiger partial charge in [0.05, 0.1) is 17.6 Å². The molecule has 5 heteroatoms. The molecule has 3 aromatic rings. The van der Waals surface area contributed by atoms with Crippen molar-refractivity contribution in [3.63, 3.8) is 0 Å². The molecule has 0 bridgehead atoms. The summed E-state index contributed by atoms with van der Waals surface area (Å²) in [7, 11) is 2.02. The summed E-state index contributed by atoms with van der Waals surface area (Å²) in [5.41, 5.74) is 3.22. The first-order chi connectivity index (χ1) is 8.74. The molecule has 1 aromatic carbocycles. The molecule has 0 fully saturated rings. The second kappa shape index (κ2) is 4.42. The summed E-state index contributed by atoms with van der Waals surface area (Å²) in [6, 6.07) is 8.12. The average molecular weight is 258 g/mol. The predicted octanol–water partition coefficient (Wildman–Crippen LogP) is 2.95. The van der Waals surface area contributed by atoms with Crippen molar-refractivity contribution in [3.8, 4) is 0 Å². The monoisotopic (exact) mass is 258 g/mol. The van der Waals surface area contributed by atoms with Crippen molar-refractivity contribution in [2.45, 2.75) is 13.5 Å². The Labute approximate surface area is 109 Å². The number of fused-ring (bicyclic) bond motifs is 1. The first kappa shape index (κ1) is 11.2. The Morgan fingerprint density at radius 3 is 2.83 bits per heavy atom. The molecule has 0 amide bonds. The van der Waals surface area contributed by atoms with E-state index in [-0.39, 0.29) is 0 Å². The fraction of sp³-hybridized carbons (Fsp3) is 0.231. The van der Waals surface area contributed by atoms with Gasteiger partial charge in [-0.15, -0.1) is 11.3 Å². The summed E-state index contributed by atoms with van der Waals surface area (Å²) < 4.78 is 2.07. The number of rotatable bonds is 3. The fourth-order valence-electron chi connectivity index (χ4n) is 1.94. The van der Waals surface area contributed by atoms with Crippen LogP contribution in [0.25, 0.3) is 11.0 Å². The van der Waals surface area contributed by atoms with Crippen LogP contribution in [0.5, 0.6) is 0 Å². The Bertz CT molecular complexity index is 683. The van der Waals surface area contributed by atoms with Gasteiger partial charge < -0.3 is 9.88 Å². The van der Waals surface area contributed by atoms with Crippen LogP contribution in [0.1, 0.15) is 10.7 Å². The van der Waals surface area contributed by atoms with Crippen LogP contribution in [-0.2, 0) is 13.6 Å². The van der Waals surface area contributed by atoms with Crippen LogP contribution >= 0.6 is 11.3 Å². The number of nitrogens with zero attached hydrogens (tertiary/aromatic N) is 3. The first-order valence-electron chi connectivity index (χ1n) is 5.80. The van der Waals surface area contributed by atoms with E-state index in [4.69, 9.17) is 0 Å². The molecule has 0 aliphatic rings. The number of aryl methyl sites for hydroxylation is 2. The topological polar surface area (TPSA) is 42.7 Å². The number of anilines is 1. The Morgan fingerprint density at radius 2 is 2.11 bits per heavy atom. The molecule has 2 aromatic heterocycles. The lowest BCUT2D eigenvalue weighted by Gasteiger charge is -2.03. The van der Waals surface area contributed by atoms with Gasteiger partial charge in [0.2, 0.25) is 5.95 Å². The number of para-hydroxylation sites is 2. The third kappa shape index (κ3) is 1.97. The summed E-state index contributed by atoms with van der Waals surface area (Å²) >= 11 is 1.67. The van der Waals surface area contributed by atoms with Gasteiger partial charge in [-0.1, -0.05) is 12.1 Å². The maximum Gasteiger partial charge on any atom is 0.203 e. The number of aromatic nitrogens is 3. The molecule has 0 aliphatic carbocycles. The van der Waals surface area contributed by atoms with Crippen LogP contribution in [0.3, 0.4) is 0 Å². The second-order valence-electron chi connectivity index (χ2n) is 4.22.